The summed E-state index contributed by atoms with van der Waals surface area (Å²) >= 11 is 0. The van der Waals surface area contributed by atoms with Crippen molar-refractivity contribution in [3.63, 3.8) is 0 Å². The number of benzene rings is 1. The fourth-order valence-electron chi connectivity index (χ4n) is 1.47. The van der Waals surface area contributed by atoms with Crippen LogP contribution in [0.25, 0.3) is 0 Å². The summed E-state index contributed by atoms with van der Waals surface area (Å²) in [5, 5.41) is 0. The van der Waals surface area contributed by atoms with Crippen LogP contribution in [-0.2, 0) is 4.74 Å². The predicted molar refractivity (Wildman–Crippen MR) is 72.1 cm³/mol. The summed E-state index contributed by atoms with van der Waals surface area (Å²) in [7, 11) is 1.38. The Bertz CT molecular complexity index is 447. The summed E-state index contributed by atoms with van der Waals surface area (Å²) in [5.41, 5.74) is 2.78. The molecule has 0 unspecified atom stereocenters. The molecule has 98 valence electrons. The fraction of sp³-hybridized carbons (Fsp3) is 0.400. The maximum absolute atomic E-state index is 11.3. The van der Waals surface area contributed by atoms with Gasteiger partial charge in [0.25, 0.3) is 0 Å². The van der Waals surface area contributed by atoms with Crippen molar-refractivity contribution >= 4 is 5.97 Å². The quantitative estimate of drug-likeness (QED) is 0.591. The lowest BCUT2D eigenvalue weighted by molar-refractivity contribution is 0.0600. The molecular weight excluding hydrogens is 228 g/mol. The molecule has 0 radical (unpaired) electrons. The van der Waals surface area contributed by atoms with Gasteiger partial charge in [0.05, 0.1) is 12.7 Å². The van der Waals surface area contributed by atoms with E-state index in [1.54, 1.807) is 18.2 Å². The molecule has 0 heterocycles. The van der Waals surface area contributed by atoms with Gasteiger partial charge >= 0.3 is 5.97 Å². The zero-order valence-corrected chi connectivity index (χ0v) is 11.4. The number of hydrogen-bond acceptors (Lipinski definition) is 3. The number of carbonyl (C=O) groups is 1. The van der Waals surface area contributed by atoms with Gasteiger partial charge in [-0.25, -0.2) is 4.79 Å². The van der Waals surface area contributed by atoms with Crippen molar-refractivity contribution in [3.8, 4) is 5.75 Å². The van der Waals surface area contributed by atoms with Crippen LogP contribution in [0.5, 0.6) is 5.75 Å². The highest BCUT2D eigenvalue weighted by atomic mass is 16.5. The molecule has 0 aliphatic rings. The van der Waals surface area contributed by atoms with Crippen LogP contribution in [0, 0.1) is 6.92 Å². The molecule has 0 amide bonds. The van der Waals surface area contributed by atoms with E-state index in [2.05, 4.69) is 24.7 Å². The van der Waals surface area contributed by atoms with E-state index in [0.717, 1.165) is 17.7 Å². The number of allylic oxidation sites excluding steroid dienone is 1. The largest absolute Gasteiger partial charge is 0.489 e. The normalized spacial score (nSPS) is 11.2. The smallest absolute Gasteiger partial charge is 0.337 e. The number of methoxy groups -OCH3 is 1. The summed E-state index contributed by atoms with van der Waals surface area (Å²) in [6.45, 7) is 6.66. The van der Waals surface area contributed by atoms with Crippen LogP contribution in [0.15, 0.2) is 29.8 Å². The van der Waals surface area contributed by atoms with Crippen molar-refractivity contribution in [1.82, 2.24) is 0 Å². The van der Waals surface area contributed by atoms with Crippen molar-refractivity contribution in [2.45, 2.75) is 27.2 Å². The Hall–Kier alpha value is -1.77. The molecule has 18 heavy (non-hydrogen) atoms. The van der Waals surface area contributed by atoms with Gasteiger partial charge in [-0.15, -0.1) is 0 Å². The molecule has 3 nitrogen and oxygen atoms in total. The lowest BCUT2D eigenvalue weighted by Gasteiger charge is -2.09. The molecule has 3 heteroatoms. The van der Waals surface area contributed by atoms with E-state index in [1.165, 1.54) is 12.7 Å². The molecule has 0 atom stereocenters. The van der Waals surface area contributed by atoms with Gasteiger partial charge in [-0.3, -0.25) is 0 Å². The number of rotatable bonds is 5. The van der Waals surface area contributed by atoms with Crippen molar-refractivity contribution in [2.24, 2.45) is 0 Å². The maximum atomic E-state index is 11.3. The third-order valence-corrected chi connectivity index (χ3v) is 2.82. The number of esters is 1. The highest BCUT2D eigenvalue weighted by Crippen LogP contribution is 2.19. The average Bonchev–Trinajstić information content (AvgIpc) is 2.39. The monoisotopic (exact) mass is 248 g/mol. The van der Waals surface area contributed by atoms with Crippen LogP contribution in [-0.4, -0.2) is 19.7 Å². The van der Waals surface area contributed by atoms with Crippen molar-refractivity contribution in [3.05, 3.63) is 41.0 Å². The Labute approximate surface area is 108 Å². The van der Waals surface area contributed by atoms with Crippen LogP contribution in [0.1, 0.15) is 36.2 Å². The molecule has 1 aromatic carbocycles. The molecule has 0 spiro atoms. The Morgan fingerprint density at radius 2 is 2.11 bits per heavy atom. The molecule has 0 saturated heterocycles. The van der Waals surface area contributed by atoms with Crippen molar-refractivity contribution in [2.75, 3.05) is 13.7 Å². The number of ether oxygens (including phenoxy) is 2. The molecule has 0 aromatic heterocycles. The third-order valence-electron chi connectivity index (χ3n) is 2.82. The molecule has 0 bridgehead atoms. The Morgan fingerprint density at radius 1 is 1.39 bits per heavy atom. The van der Waals surface area contributed by atoms with E-state index in [1.807, 2.05) is 6.92 Å². The van der Waals surface area contributed by atoms with Gasteiger partial charge in [-0.1, -0.05) is 12.5 Å². The minimum absolute atomic E-state index is 0.327. The Kier molecular flexibility index (Phi) is 5.43. The zero-order chi connectivity index (χ0) is 13.5. The van der Waals surface area contributed by atoms with E-state index < -0.39 is 0 Å². The second-order valence-electron chi connectivity index (χ2n) is 4.19. The van der Waals surface area contributed by atoms with E-state index in [0.29, 0.717) is 12.2 Å². The van der Waals surface area contributed by atoms with Crippen LogP contribution in [0.3, 0.4) is 0 Å². The van der Waals surface area contributed by atoms with Gasteiger partial charge in [0.1, 0.15) is 12.4 Å². The summed E-state index contributed by atoms with van der Waals surface area (Å²) in [4.78, 5) is 11.3. The highest BCUT2D eigenvalue weighted by Gasteiger charge is 2.07. The fourth-order valence-corrected chi connectivity index (χ4v) is 1.47. The molecule has 1 rings (SSSR count). The van der Waals surface area contributed by atoms with Crippen molar-refractivity contribution < 1.29 is 14.3 Å². The first kappa shape index (κ1) is 14.3. The minimum Gasteiger partial charge on any atom is -0.489 e. The van der Waals surface area contributed by atoms with E-state index in [4.69, 9.17) is 4.74 Å². The third kappa shape index (κ3) is 3.91. The summed E-state index contributed by atoms with van der Waals surface area (Å²) in [6, 6.07) is 5.29. The van der Waals surface area contributed by atoms with Gasteiger partial charge in [0.2, 0.25) is 0 Å². The summed E-state index contributed by atoms with van der Waals surface area (Å²) in [5.74, 6) is 0.467. The average molecular weight is 248 g/mol. The predicted octanol–water partition coefficient (Wildman–Crippen LogP) is 3.52. The topological polar surface area (TPSA) is 35.5 Å². The van der Waals surface area contributed by atoms with Crippen LogP contribution >= 0.6 is 0 Å². The first-order chi connectivity index (χ1) is 8.58. The number of hydrogen-bond donors (Lipinski definition) is 0. The second kappa shape index (κ2) is 6.84. The molecular formula is C15H20O3. The Balaban J connectivity index is 2.71. The van der Waals surface area contributed by atoms with Crippen LogP contribution in [0.4, 0.5) is 0 Å². The SMILES string of the molecule is CCC(C)=CCOc1ccc(C(=O)OC)cc1C. The molecule has 0 N–H and O–H groups in total. The van der Waals surface area contributed by atoms with Gasteiger partial charge in [-0.2, -0.15) is 0 Å². The first-order valence-electron chi connectivity index (χ1n) is 6.05. The molecule has 0 aliphatic heterocycles. The summed E-state index contributed by atoms with van der Waals surface area (Å²) < 4.78 is 10.3. The highest BCUT2D eigenvalue weighted by molar-refractivity contribution is 5.89. The van der Waals surface area contributed by atoms with E-state index in [-0.39, 0.29) is 5.97 Å². The molecule has 1 aromatic rings. The van der Waals surface area contributed by atoms with E-state index in [9.17, 15) is 4.79 Å². The Morgan fingerprint density at radius 3 is 2.67 bits per heavy atom. The van der Waals surface area contributed by atoms with E-state index >= 15 is 0 Å². The first-order valence-corrected chi connectivity index (χ1v) is 6.05. The van der Waals surface area contributed by atoms with Crippen LogP contribution < -0.4 is 4.74 Å². The lowest BCUT2D eigenvalue weighted by atomic mass is 10.1. The molecule has 0 saturated carbocycles. The lowest BCUT2D eigenvalue weighted by Crippen LogP contribution is -2.03. The zero-order valence-electron chi connectivity index (χ0n) is 11.4. The molecule has 0 aliphatic carbocycles. The number of carbonyl (C=O) groups excluding carboxylic acids is 1. The van der Waals surface area contributed by atoms with Gasteiger partial charge < -0.3 is 9.47 Å². The number of aryl methyl sites for hydroxylation is 1. The van der Waals surface area contributed by atoms with Gasteiger partial charge in [0.15, 0.2) is 0 Å². The minimum atomic E-state index is -0.327. The second-order valence-corrected chi connectivity index (χ2v) is 4.19. The maximum Gasteiger partial charge on any atom is 0.337 e. The van der Waals surface area contributed by atoms with Gasteiger partial charge in [-0.05, 0) is 50.1 Å². The van der Waals surface area contributed by atoms with Gasteiger partial charge in [0, 0.05) is 0 Å². The standard InChI is InChI=1S/C15H20O3/c1-5-11(2)8-9-18-14-7-6-13(10-12(14)3)15(16)17-4/h6-8,10H,5,9H2,1-4H3. The van der Waals surface area contributed by atoms with Crippen molar-refractivity contribution in [1.29, 1.82) is 0 Å². The van der Waals surface area contributed by atoms with Crippen LogP contribution in [0.2, 0.25) is 0 Å². The molecule has 0 fully saturated rings. The summed E-state index contributed by atoms with van der Waals surface area (Å²) in [6.07, 6.45) is 3.09.